The number of hydrogen-bond donors (Lipinski definition) is 2. The fourth-order valence-corrected chi connectivity index (χ4v) is 2.33. The molecule has 1 atom stereocenters. The lowest BCUT2D eigenvalue weighted by molar-refractivity contribution is 0.445. The van der Waals surface area contributed by atoms with Gasteiger partial charge in [-0.15, -0.1) is 0 Å². The van der Waals surface area contributed by atoms with Crippen LogP contribution in [0.5, 0.6) is 5.75 Å². The molecule has 2 N–H and O–H groups in total. The third-order valence-corrected chi connectivity index (χ3v) is 3.44. The average Bonchev–Trinajstić information content (AvgIpc) is 2.71. The van der Waals surface area contributed by atoms with Gasteiger partial charge in [-0.1, -0.05) is 0 Å². The van der Waals surface area contributed by atoms with Crippen LogP contribution < -0.4 is 5.32 Å². The summed E-state index contributed by atoms with van der Waals surface area (Å²) in [5.74, 6) is 0.157. The molecule has 0 aliphatic carbocycles. The van der Waals surface area contributed by atoms with Crippen molar-refractivity contribution < 1.29 is 9.50 Å². The van der Waals surface area contributed by atoms with Crippen LogP contribution >= 0.6 is 15.9 Å². The van der Waals surface area contributed by atoms with Gasteiger partial charge in [-0.2, -0.15) is 0 Å². The fraction of sp³-hybridized carbons (Fsp3) is 0.455. The van der Waals surface area contributed by atoms with E-state index in [4.69, 9.17) is 0 Å². The molecule has 1 aromatic rings. The van der Waals surface area contributed by atoms with Crippen molar-refractivity contribution in [1.29, 1.82) is 0 Å². The first kappa shape index (κ1) is 10.9. The standard InChI is InChI=1S/C11H13BrFNO/c12-9-1-2-10(15)8(11(9)13)5-7-3-4-14-6-7/h1-2,7,14-15H,3-6H2. The van der Waals surface area contributed by atoms with Crippen molar-refractivity contribution in [2.24, 2.45) is 5.92 Å². The largest absolute Gasteiger partial charge is 0.508 e. The van der Waals surface area contributed by atoms with E-state index in [1.54, 1.807) is 0 Å². The van der Waals surface area contributed by atoms with E-state index in [0.717, 1.165) is 19.5 Å². The van der Waals surface area contributed by atoms with Gasteiger partial charge in [0, 0.05) is 5.56 Å². The number of phenolic OH excluding ortho intramolecular Hbond substituents is 1. The number of hydrogen-bond acceptors (Lipinski definition) is 2. The predicted octanol–water partition coefficient (Wildman–Crippen LogP) is 2.45. The Labute approximate surface area is 96.6 Å². The molecular weight excluding hydrogens is 261 g/mol. The van der Waals surface area contributed by atoms with Gasteiger partial charge < -0.3 is 10.4 Å². The van der Waals surface area contributed by atoms with Crippen LogP contribution in [0.4, 0.5) is 4.39 Å². The summed E-state index contributed by atoms with van der Waals surface area (Å²) in [5, 5.41) is 12.8. The van der Waals surface area contributed by atoms with Gasteiger partial charge in [0.2, 0.25) is 0 Å². The SMILES string of the molecule is Oc1ccc(Br)c(F)c1CC1CCNC1. The highest BCUT2D eigenvalue weighted by atomic mass is 79.9. The Bertz CT molecular complexity index is 364. The number of benzene rings is 1. The van der Waals surface area contributed by atoms with Gasteiger partial charge in [-0.05, 0) is 59.9 Å². The number of aromatic hydroxyl groups is 1. The van der Waals surface area contributed by atoms with E-state index in [2.05, 4.69) is 21.2 Å². The van der Waals surface area contributed by atoms with Crippen LogP contribution in [0.25, 0.3) is 0 Å². The van der Waals surface area contributed by atoms with Gasteiger partial charge >= 0.3 is 0 Å². The lowest BCUT2D eigenvalue weighted by Crippen LogP contribution is -2.11. The first-order valence-electron chi connectivity index (χ1n) is 5.05. The molecule has 1 aromatic carbocycles. The molecule has 1 saturated heterocycles. The average molecular weight is 274 g/mol. The lowest BCUT2D eigenvalue weighted by atomic mass is 9.97. The molecule has 0 spiro atoms. The molecule has 15 heavy (non-hydrogen) atoms. The molecule has 0 saturated carbocycles. The molecule has 0 radical (unpaired) electrons. The zero-order valence-corrected chi connectivity index (χ0v) is 9.85. The lowest BCUT2D eigenvalue weighted by Gasteiger charge is -2.11. The van der Waals surface area contributed by atoms with Crippen molar-refractivity contribution in [2.75, 3.05) is 13.1 Å². The molecular formula is C11H13BrFNO. The van der Waals surface area contributed by atoms with Crippen LogP contribution in [-0.4, -0.2) is 18.2 Å². The van der Waals surface area contributed by atoms with Crippen LogP contribution in [-0.2, 0) is 6.42 Å². The van der Waals surface area contributed by atoms with Gasteiger partial charge in [0.05, 0.1) is 4.47 Å². The minimum absolute atomic E-state index is 0.0580. The molecule has 1 heterocycles. The topological polar surface area (TPSA) is 32.3 Å². The third kappa shape index (κ3) is 2.32. The Hall–Kier alpha value is -0.610. The Balaban J connectivity index is 2.22. The third-order valence-electron chi connectivity index (χ3n) is 2.83. The van der Waals surface area contributed by atoms with E-state index < -0.39 is 0 Å². The minimum atomic E-state index is -0.332. The van der Waals surface area contributed by atoms with E-state index in [1.807, 2.05) is 0 Å². The maximum absolute atomic E-state index is 13.7. The van der Waals surface area contributed by atoms with Crippen LogP contribution in [0, 0.1) is 11.7 Å². The van der Waals surface area contributed by atoms with E-state index in [0.29, 0.717) is 22.4 Å². The van der Waals surface area contributed by atoms with E-state index >= 15 is 0 Å². The quantitative estimate of drug-likeness (QED) is 0.868. The van der Waals surface area contributed by atoms with Crippen molar-refractivity contribution in [3.8, 4) is 5.75 Å². The molecule has 0 amide bonds. The highest BCUT2D eigenvalue weighted by molar-refractivity contribution is 9.10. The van der Waals surface area contributed by atoms with E-state index in [9.17, 15) is 9.50 Å². The summed E-state index contributed by atoms with van der Waals surface area (Å²) in [6, 6.07) is 3.06. The summed E-state index contributed by atoms with van der Waals surface area (Å²) in [6.07, 6.45) is 1.65. The van der Waals surface area contributed by atoms with Crippen molar-refractivity contribution in [1.82, 2.24) is 5.32 Å². The minimum Gasteiger partial charge on any atom is -0.508 e. The van der Waals surface area contributed by atoms with Crippen molar-refractivity contribution in [3.63, 3.8) is 0 Å². The van der Waals surface area contributed by atoms with Gasteiger partial charge in [-0.25, -0.2) is 4.39 Å². The number of rotatable bonds is 2. The Kier molecular flexibility index (Phi) is 3.26. The van der Waals surface area contributed by atoms with Crippen molar-refractivity contribution >= 4 is 15.9 Å². The first-order chi connectivity index (χ1) is 7.18. The Morgan fingerprint density at radius 1 is 1.53 bits per heavy atom. The van der Waals surface area contributed by atoms with Crippen LogP contribution in [0.15, 0.2) is 16.6 Å². The fourth-order valence-electron chi connectivity index (χ4n) is 1.95. The van der Waals surface area contributed by atoms with Gasteiger partial charge in [0.15, 0.2) is 0 Å². The van der Waals surface area contributed by atoms with Crippen LogP contribution in [0.3, 0.4) is 0 Å². The molecule has 4 heteroatoms. The molecule has 2 nitrogen and oxygen atoms in total. The smallest absolute Gasteiger partial charge is 0.144 e. The van der Waals surface area contributed by atoms with Gasteiger partial charge in [0.25, 0.3) is 0 Å². The summed E-state index contributed by atoms with van der Waals surface area (Å²) in [6.45, 7) is 1.90. The molecule has 1 fully saturated rings. The normalized spacial score (nSPS) is 20.8. The number of halogens is 2. The summed E-state index contributed by atoms with van der Waals surface area (Å²) in [7, 11) is 0. The monoisotopic (exact) mass is 273 g/mol. The van der Waals surface area contributed by atoms with E-state index in [-0.39, 0.29) is 11.6 Å². The second-order valence-electron chi connectivity index (χ2n) is 3.92. The second kappa shape index (κ2) is 4.49. The summed E-state index contributed by atoms with van der Waals surface area (Å²) < 4.78 is 14.1. The molecule has 82 valence electrons. The highest BCUT2D eigenvalue weighted by Gasteiger charge is 2.20. The molecule has 1 aliphatic rings. The summed E-state index contributed by atoms with van der Waals surface area (Å²) in [5.41, 5.74) is 0.429. The molecule has 1 unspecified atom stereocenters. The molecule has 2 rings (SSSR count). The van der Waals surface area contributed by atoms with Crippen LogP contribution in [0.1, 0.15) is 12.0 Å². The molecule has 0 bridgehead atoms. The summed E-state index contributed by atoms with van der Waals surface area (Å²) >= 11 is 3.13. The van der Waals surface area contributed by atoms with Gasteiger partial charge in [-0.3, -0.25) is 0 Å². The zero-order chi connectivity index (χ0) is 10.8. The molecule has 0 aromatic heterocycles. The first-order valence-corrected chi connectivity index (χ1v) is 5.84. The Morgan fingerprint density at radius 2 is 2.33 bits per heavy atom. The van der Waals surface area contributed by atoms with Crippen molar-refractivity contribution in [2.45, 2.75) is 12.8 Å². The zero-order valence-electron chi connectivity index (χ0n) is 8.26. The van der Waals surface area contributed by atoms with E-state index in [1.165, 1.54) is 12.1 Å². The Morgan fingerprint density at radius 3 is 3.00 bits per heavy atom. The van der Waals surface area contributed by atoms with Gasteiger partial charge in [0.1, 0.15) is 11.6 Å². The number of phenols is 1. The summed E-state index contributed by atoms with van der Waals surface area (Å²) in [4.78, 5) is 0. The maximum Gasteiger partial charge on any atom is 0.144 e. The maximum atomic E-state index is 13.7. The van der Waals surface area contributed by atoms with Crippen LogP contribution in [0.2, 0.25) is 0 Å². The number of nitrogens with one attached hydrogen (secondary N) is 1. The second-order valence-corrected chi connectivity index (χ2v) is 4.78. The molecule has 1 aliphatic heterocycles. The van der Waals surface area contributed by atoms with Crippen molar-refractivity contribution in [3.05, 3.63) is 28.0 Å². The highest BCUT2D eigenvalue weighted by Crippen LogP contribution is 2.29. The predicted molar refractivity (Wildman–Crippen MR) is 60.4 cm³/mol.